The zero-order chi connectivity index (χ0) is 29.6. The summed E-state index contributed by atoms with van der Waals surface area (Å²) >= 11 is 0. The first-order chi connectivity index (χ1) is 19.6. The first kappa shape index (κ1) is 29.5. The molecule has 2 aliphatic rings. The summed E-state index contributed by atoms with van der Waals surface area (Å²) in [6.45, 7) is 4.27. The number of aromatic nitrogens is 4. The maximum absolute atomic E-state index is 12.7. The summed E-state index contributed by atoms with van der Waals surface area (Å²) in [5.41, 5.74) is 4.71. The molecule has 1 atom stereocenters. The smallest absolute Gasteiger partial charge is 0.475 e. The van der Waals surface area contributed by atoms with Crippen molar-refractivity contribution in [2.45, 2.75) is 57.2 Å². The van der Waals surface area contributed by atoms with E-state index in [1.807, 2.05) is 24.5 Å². The Kier molecular flexibility index (Phi) is 9.24. The predicted octanol–water partition coefficient (Wildman–Crippen LogP) is 5.40. The van der Waals surface area contributed by atoms with Crippen LogP contribution in [0, 0.1) is 11.3 Å². The summed E-state index contributed by atoms with van der Waals surface area (Å²) in [4.78, 5) is 38.6. The van der Waals surface area contributed by atoms with E-state index in [-0.39, 0.29) is 23.5 Å². The fraction of sp³-hybridized carbons (Fsp3) is 0.393. The lowest BCUT2D eigenvalue weighted by Crippen LogP contribution is -2.35. The van der Waals surface area contributed by atoms with E-state index in [4.69, 9.17) is 15.2 Å². The molecule has 1 fully saturated rings. The van der Waals surface area contributed by atoms with Crippen LogP contribution in [0.15, 0.2) is 42.9 Å². The van der Waals surface area contributed by atoms with Crippen LogP contribution in [0.25, 0.3) is 5.57 Å². The summed E-state index contributed by atoms with van der Waals surface area (Å²) in [6, 6.07) is 8.67. The van der Waals surface area contributed by atoms with Gasteiger partial charge in [-0.05, 0) is 81.3 Å². The summed E-state index contributed by atoms with van der Waals surface area (Å²) in [7, 11) is 0. The highest BCUT2D eigenvalue weighted by Crippen LogP contribution is 2.38. The van der Waals surface area contributed by atoms with Gasteiger partial charge in [-0.25, -0.2) is 14.8 Å². The Hall–Kier alpha value is -4.44. The van der Waals surface area contributed by atoms with Crippen molar-refractivity contribution in [2.75, 3.05) is 18.4 Å². The number of carboxylic acid groups (broad SMARTS) is 1. The fourth-order valence-electron chi connectivity index (χ4n) is 5.08. The summed E-state index contributed by atoms with van der Waals surface area (Å²) < 4.78 is 31.7. The predicted molar refractivity (Wildman–Crippen MR) is 144 cm³/mol. The molecule has 1 amide bonds. The Bertz CT molecular complexity index is 1430. The Morgan fingerprint density at radius 3 is 2.54 bits per heavy atom. The number of imidazole rings is 2. The number of carboxylic acids is 1. The van der Waals surface area contributed by atoms with Crippen LogP contribution in [0.5, 0.6) is 0 Å². The van der Waals surface area contributed by atoms with Crippen LogP contribution in [0.2, 0.25) is 0 Å². The monoisotopic (exact) mass is 569 g/mol. The number of nitriles is 1. The van der Waals surface area contributed by atoms with Crippen molar-refractivity contribution in [1.82, 2.24) is 24.8 Å². The van der Waals surface area contributed by atoms with Gasteiger partial charge in [-0.2, -0.15) is 18.4 Å². The Balaban J connectivity index is 0.000000493. The van der Waals surface area contributed by atoms with Crippen LogP contribution in [0.3, 0.4) is 0 Å². The third kappa shape index (κ3) is 7.40. The maximum Gasteiger partial charge on any atom is 0.490 e. The molecule has 1 unspecified atom stereocenters. The van der Waals surface area contributed by atoms with Crippen molar-refractivity contribution in [2.24, 2.45) is 0 Å². The average molecular weight is 570 g/mol. The summed E-state index contributed by atoms with van der Waals surface area (Å²) in [5, 5.41) is 19.1. The molecule has 1 aliphatic carbocycles. The van der Waals surface area contributed by atoms with Gasteiger partial charge in [0.15, 0.2) is 11.5 Å². The van der Waals surface area contributed by atoms with Crippen molar-refractivity contribution in [3.8, 4) is 6.07 Å². The van der Waals surface area contributed by atoms with E-state index < -0.39 is 12.1 Å². The molecule has 4 N–H and O–H groups in total. The molecule has 3 aromatic rings. The van der Waals surface area contributed by atoms with Gasteiger partial charge in [-0.3, -0.25) is 9.69 Å². The fourth-order valence-corrected chi connectivity index (χ4v) is 5.08. The van der Waals surface area contributed by atoms with Crippen LogP contribution >= 0.6 is 0 Å². The van der Waals surface area contributed by atoms with Crippen molar-refractivity contribution in [1.29, 1.82) is 5.26 Å². The number of amides is 1. The van der Waals surface area contributed by atoms with Crippen LogP contribution in [0.4, 0.5) is 18.9 Å². The number of piperidine rings is 1. The molecule has 10 nitrogen and oxygen atoms in total. The first-order valence-electron chi connectivity index (χ1n) is 13.2. The number of likely N-dealkylation sites (tertiary alicyclic amines) is 1. The Labute approximate surface area is 234 Å². The molecule has 3 heterocycles. The summed E-state index contributed by atoms with van der Waals surface area (Å²) in [5.74, 6) is -1.44. The standard InChI is InChI=1S/C26H29N7O.C2HF3O2/c1-17(24-28-10-11-29-24)33-12-8-18(9-13-33)20-6-7-23(22(14-20)19-4-2-3-5-19)32-26(34)25-30-16-21(15-27)31-25;3-2(4,5)1(6)7/h4,6-7,10-11,14,16-18H,2-3,5,8-9,12-13H2,1H3,(H,28,29)(H,30,31)(H,32,34);(H,6,7). The van der Waals surface area contributed by atoms with Gasteiger partial charge in [-0.1, -0.05) is 12.1 Å². The molecule has 2 aromatic heterocycles. The number of alkyl halides is 3. The quantitative estimate of drug-likeness (QED) is 0.310. The zero-order valence-corrected chi connectivity index (χ0v) is 22.3. The number of halogens is 3. The average Bonchev–Trinajstić information content (AvgIpc) is 3.76. The second-order valence-corrected chi connectivity index (χ2v) is 9.89. The maximum atomic E-state index is 12.7. The normalized spacial score (nSPS) is 16.7. The molecular weight excluding hydrogens is 539 g/mol. The number of benzene rings is 1. The minimum atomic E-state index is -5.08. The van der Waals surface area contributed by atoms with Gasteiger partial charge in [0, 0.05) is 29.8 Å². The Morgan fingerprint density at radius 1 is 1.24 bits per heavy atom. The molecule has 0 bridgehead atoms. The number of allylic oxidation sites excluding steroid dienone is 2. The topological polar surface area (TPSA) is 151 Å². The molecule has 1 saturated heterocycles. The number of H-pyrrole nitrogens is 2. The minimum Gasteiger partial charge on any atom is -0.475 e. The molecule has 41 heavy (non-hydrogen) atoms. The van der Waals surface area contributed by atoms with E-state index in [0.29, 0.717) is 5.92 Å². The number of nitrogens with zero attached hydrogens (tertiary/aromatic N) is 4. The van der Waals surface area contributed by atoms with Crippen molar-refractivity contribution in [3.63, 3.8) is 0 Å². The number of anilines is 1. The molecule has 216 valence electrons. The number of rotatable bonds is 6. The molecule has 0 saturated carbocycles. The van der Waals surface area contributed by atoms with E-state index in [1.54, 1.807) is 0 Å². The Morgan fingerprint density at radius 2 is 1.98 bits per heavy atom. The highest BCUT2D eigenvalue weighted by molar-refractivity contribution is 6.03. The number of hydrogen-bond donors (Lipinski definition) is 4. The molecule has 1 aliphatic heterocycles. The molecule has 1 aromatic carbocycles. The van der Waals surface area contributed by atoms with Gasteiger partial charge in [0.2, 0.25) is 0 Å². The summed E-state index contributed by atoms with van der Waals surface area (Å²) in [6.07, 6.45) is 7.75. The number of hydrogen-bond acceptors (Lipinski definition) is 6. The largest absolute Gasteiger partial charge is 0.490 e. The third-order valence-corrected chi connectivity index (χ3v) is 7.29. The van der Waals surface area contributed by atoms with Crippen LogP contribution in [-0.2, 0) is 4.79 Å². The van der Waals surface area contributed by atoms with Gasteiger partial charge in [-0.15, -0.1) is 0 Å². The van der Waals surface area contributed by atoms with E-state index in [1.165, 1.54) is 17.3 Å². The van der Waals surface area contributed by atoms with Gasteiger partial charge in [0.05, 0.1) is 6.04 Å². The van der Waals surface area contributed by atoms with Crippen molar-refractivity contribution < 1.29 is 27.9 Å². The number of carbonyl (C=O) groups is 2. The van der Waals surface area contributed by atoms with E-state index >= 15 is 0 Å². The highest BCUT2D eigenvalue weighted by Gasteiger charge is 2.38. The number of carbonyl (C=O) groups excluding carboxylic acids is 1. The minimum absolute atomic E-state index is 0.144. The molecule has 0 radical (unpaired) electrons. The third-order valence-electron chi connectivity index (χ3n) is 7.29. The molecule has 0 spiro atoms. The molecule has 13 heteroatoms. The van der Waals surface area contributed by atoms with Gasteiger partial charge < -0.3 is 20.4 Å². The second-order valence-electron chi connectivity index (χ2n) is 9.89. The van der Waals surface area contributed by atoms with Crippen molar-refractivity contribution in [3.05, 3.63) is 71.3 Å². The first-order valence-corrected chi connectivity index (χ1v) is 13.2. The lowest BCUT2D eigenvalue weighted by molar-refractivity contribution is -0.192. The molecule has 5 rings (SSSR count). The van der Waals surface area contributed by atoms with Crippen molar-refractivity contribution >= 4 is 23.1 Å². The van der Waals surface area contributed by atoms with Crippen LogP contribution in [-0.4, -0.2) is 61.1 Å². The van der Waals surface area contributed by atoms with Gasteiger partial charge in [0.25, 0.3) is 5.91 Å². The SMILES string of the molecule is CC(c1ncc[nH]1)N1CCC(c2ccc(NC(=O)c3nc(C#N)c[nH]3)c(C3=CCCC3)c2)CC1.O=C(O)C(F)(F)F. The van der Waals surface area contributed by atoms with E-state index in [2.05, 4.69) is 55.3 Å². The molecular formula is C28H30F3N7O3. The number of nitrogens with one attached hydrogen (secondary N) is 3. The highest BCUT2D eigenvalue weighted by atomic mass is 19.4. The van der Waals surface area contributed by atoms with E-state index in [9.17, 15) is 18.0 Å². The van der Waals surface area contributed by atoms with Gasteiger partial charge in [0.1, 0.15) is 11.9 Å². The van der Waals surface area contributed by atoms with Gasteiger partial charge >= 0.3 is 12.1 Å². The van der Waals surface area contributed by atoms with E-state index in [0.717, 1.165) is 62.3 Å². The number of aliphatic carboxylic acids is 1. The lowest BCUT2D eigenvalue weighted by atomic mass is 9.86. The van der Waals surface area contributed by atoms with Crippen LogP contribution in [0.1, 0.15) is 84.3 Å². The lowest BCUT2D eigenvalue weighted by Gasteiger charge is -2.35. The second kappa shape index (κ2) is 12.8. The number of aromatic amines is 2. The van der Waals surface area contributed by atoms with Crippen LogP contribution < -0.4 is 5.32 Å². The zero-order valence-electron chi connectivity index (χ0n) is 22.3.